The van der Waals surface area contributed by atoms with Crippen molar-refractivity contribution < 1.29 is 17.9 Å². The van der Waals surface area contributed by atoms with Crippen LogP contribution < -0.4 is 5.32 Å². The highest BCUT2D eigenvalue weighted by atomic mass is 32.1. The second-order valence-electron chi connectivity index (χ2n) is 4.70. The number of aromatic nitrogens is 2. The van der Waals surface area contributed by atoms with Crippen LogP contribution in [0.3, 0.4) is 0 Å². The summed E-state index contributed by atoms with van der Waals surface area (Å²) in [6.07, 6.45) is -4.37. The molecule has 0 unspecified atom stereocenters. The first-order valence-electron chi connectivity index (χ1n) is 6.70. The molecule has 0 spiro atoms. The van der Waals surface area contributed by atoms with Gasteiger partial charge in [-0.2, -0.15) is 17.5 Å². The molecule has 0 saturated carbocycles. The number of hydrogen-bond acceptors (Lipinski definition) is 5. The van der Waals surface area contributed by atoms with E-state index in [0.29, 0.717) is 35.2 Å². The summed E-state index contributed by atoms with van der Waals surface area (Å²) in [5.74, 6) is 0.683. The molecule has 0 aliphatic carbocycles. The van der Waals surface area contributed by atoms with Gasteiger partial charge in [0, 0.05) is 37.2 Å². The number of hydrogen-bond donors (Lipinski definition) is 1. The van der Waals surface area contributed by atoms with Gasteiger partial charge >= 0.3 is 6.18 Å². The lowest BCUT2D eigenvalue weighted by Gasteiger charge is -2.08. The van der Waals surface area contributed by atoms with Gasteiger partial charge in [-0.25, -0.2) is 4.98 Å². The van der Waals surface area contributed by atoms with Crippen molar-refractivity contribution in [2.45, 2.75) is 25.4 Å². The van der Waals surface area contributed by atoms with Crippen molar-refractivity contribution >= 4 is 22.4 Å². The Morgan fingerprint density at radius 1 is 1.27 bits per heavy atom. The van der Waals surface area contributed by atoms with Gasteiger partial charge in [0.05, 0.1) is 6.61 Å². The molecular formula is C14H16F3N3OS. The average molecular weight is 331 g/mol. The minimum absolute atomic E-state index is 0.0335. The molecule has 22 heavy (non-hydrogen) atoms. The molecule has 0 radical (unpaired) electrons. The number of ether oxygens (including phenoxy) is 1. The Morgan fingerprint density at radius 2 is 2.09 bits per heavy atom. The largest absolute Gasteiger partial charge is 0.389 e. The number of nitrogens with zero attached hydrogens (tertiary/aromatic N) is 2. The topological polar surface area (TPSA) is 47.0 Å². The fourth-order valence-corrected chi connectivity index (χ4v) is 2.45. The summed E-state index contributed by atoms with van der Waals surface area (Å²) in [4.78, 5) is 4.29. The van der Waals surface area contributed by atoms with E-state index in [0.717, 1.165) is 0 Å². The van der Waals surface area contributed by atoms with E-state index in [9.17, 15) is 13.2 Å². The highest BCUT2D eigenvalue weighted by Gasteiger charge is 2.26. The molecular weight excluding hydrogens is 315 g/mol. The van der Waals surface area contributed by atoms with E-state index in [2.05, 4.69) is 14.7 Å². The first-order chi connectivity index (χ1) is 10.5. The minimum Gasteiger partial charge on any atom is -0.384 e. The fourth-order valence-electron chi connectivity index (χ4n) is 1.81. The maximum absolute atomic E-state index is 12.3. The second kappa shape index (κ2) is 7.55. The third-order valence-electron chi connectivity index (χ3n) is 2.87. The molecule has 1 heterocycles. The number of methoxy groups -OCH3 is 1. The highest BCUT2D eigenvalue weighted by Crippen LogP contribution is 2.24. The second-order valence-corrected chi connectivity index (χ2v) is 5.45. The zero-order chi connectivity index (χ0) is 16.0. The van der Waals surface area contributed by atoms with Crippen LogP contribution in [-0.2, 0) is 17.6 Å². The molecule has 1 aromatic carbocycles. The summed E-state index contributed by atoms with van der Waals surface area (Å²) in [7, 11) is 1.61. The summed E-state index contributed by atoms with van der Waals surface area (Å²) in [5.41, 5.74) is 1.33. The zero-order valence-electron chi connectivity index (χ0n) is 12.0. The lowest BCUT2D eigenvalue weighted by Crippen LogP contribution is -2.08. The summed E-state index contributed by atoms with van der Waals surface area (Å²) in [5, 5.41) is 3.67. The van der Waals surface area contributed by atoms with E-state index >= 15 is 0 Å². The quantitative estimate of drug-likeness (QED) is 0.834. The maximum atomic E-state index is 12.3. The molecule has 0 aliphatic rings. The van der Waals surface area contributed by atoms with Crippen LogP contribution in [0.15, 0.2) is 24.3 Å². The summed E-state index contributed by atoms with van der Waals surface area (Å²) in [6, 6.07) is 6.89. The predicted octanol–water partition coefficient (Wildman–Crippen LogP) is 3.97. The number of alkyl halides is 3. The summed E-state index contributed by atoms with van der Waals surface area (Å²) < 4.78 is 45.9. The van der Waals surface area contributed by atoms with Crippen molar-refractivity contribution in [3.05, 3.63) is 35.7 Å². The van der Waals surface area contributed by atoms with Crippen molar-refractivity contribution in [1.29, 1.82) is 0 Å². The van der Waals surface area contributed by atoms with Crippen LogP contribution in [0.25, 0.3) is 0 Å². The molecule has 120 valence electrons. The van der Waals surface area contributed by atoms with Crippen molar-refractivity contribution in [1.82, 2.24) is 9.36 Å². The van der Waals surface area contributed by atoms with E-state index < -0.39 is 12.6 Å². The molecule has 1 aromatic heterocycles. The van der Waals surface area contributed by atoms with Crippen LogP contribution >= 0.6 is 11.5 Å². The molecule has 0 saturated heterocycles. The fraction of sp³-hybridized carbons (Fsp3) is 0.429. The number of rotatable bonds is 7. The smallest absolute Gasteiger partial charge is 0.384 e. The average Bonchev–Trinajstić information content (AvgIpc) is 2.90. The van der Waals surface area contributed by atoms with Gasteiger partial charge in [-0.05, 0) is 24.1 Å². The predicted molar refractivity (Wildman–Crippen MR) is 79.6 cm³/mol. The van der Waals surface area contributed by atoms with Crippen LogP contribution in [0, 0.1) is 0 Å². The van der Waals surface area contributed by atoms with Gasteiger partial charge in [0.25, 0.3) is 0 Å². The minimum atomic E-state index is -4.14. The van der Waals surface area contributed by atoms with E-state index in [1.165, 1.54) is 11.5 Å². The van der Waals surface area contributed by atoms with Crippen LogP contribution in [0.2, 0.25) is 0 Å². The Balaban J connectivity index is 1.96. The van der Waals surface area contributed by atoms with Gasteiger partial charge in [-0.3, -0.25) is 0 Å². The van der Waals surface area contributed by atoms with E-state index in [1.54, 1.807) is 31.4 Å². The van der Waals surface area contributed by atoms with Crippen LogP contribution in [0.5, 0.6) is 0 Å². The van der Waals surface area contributed by atoms with Crippen LogP contribution in [-0.4, -0.2) is 29.3 Å². The number of benzene rings is 1. The Morgan fingerprint density at radius 3 is 2.82 bits per heavy atom. The van der Waals surface area contributed by atoms with Gasteiger partial charge < -0.3 is 10.1 Å². The van der Waals surface area contributed by atoms with E-state index in [-0.39, 0.29) is 6.42 Å². The van der Waals surface area contributed by atoms with Gasteiger partial charge in [0.15, 0.2) is 0 Å². The van der Waals surface area contributed by atoms with Gasteiger partial charge in [-0.15, -0.1) is 0 Å². The van der Waals surface area contributed by atoms with Gasteiger partial charge in [0.2, 0.25) is 5.13 Å². The van der Waals surface area contributed by atoms with Crippen molar-refractivity contribution in [3.8, 4) is 0 Å². The van der Waals surface area contributed by atoms with Crippen LogP contribution in [0.1, 0.15) is 17.8 Å². The molecule has 0 bridgehead atoms. The molecule has 0 aliphatic heterocycles. The number of aryl methyl sites for hydroxylation is 1. The Bertz CT molecular complexity index is 601. The molecule has 0 fully saturated rings. The third-order valence-corrected chi connectivity index (χ3v) is 3.54. The molecule has 0 amide bonds. The molecule has 4 nitrogen and oxygen atoms in total. The Kier molecular flexibility index (Phi) is 5.73. The van der Waals surface area contributed by atoms with Crippen molar-refractivity contribution in [2.24, 2.45) is 0 Å². The molecule has 2 aromatic rings. The lowest BCUT2D eigenvalue weighted by molar-refractivity contribution is -0.133. The normalized spacial score (nSPS) is 11.6. The third kappa shape index (κ3) is 5.61. The van der Waals surface area contributed by atoms with E-state index in [4.69, 9.17) is 4.74 Å². The SMILES string of the molecule is COCCc1nsc(Nc2cccc(CCC(F)(F)F)c2)n1. The maximum Gasteiger partial charge on any atom is 0.389 e. The first kappa shape index (κ1) is 16.7. The van der Waals surface area contributed by atoms with E-state index in [1.807, 2.05) is 0 Å². The Hall–Kier alpha value is -1.67. The summed E-state index contributed by atoms with van der Waals surface area (Å²) in [6.45, 7) is 0.545. The summed E-state index contributed by atoms with van der Waals surface area (Å²) >= 11 is 1.21. The van der Waals surface area contributed by atoms with Gasteiger partial charge in [0.1, 0.15) is 5.82 Å². The Labute approximate surface area is 130 Å². The highest BCUT2D eigenvalue weighted by molar-refractivity contribution is 7.09. The number of anilines is 2. The molecule has 1 N–H and O–H groups in total. The number of nitrogens with one attached hydrogen (secondary N) is 1. The van der Waals surface area contributed by atoms with Crippen molar-refractivity contribution in [3.63, 3.8) is 0 Å². The van der Waals surface area contributed by atoms with Crippen molar-refractivity contribution in [2.75, 3.05) is 19.0 Å². The monoisotopic (exact) mass is 331 g/mol. The first-order valence-corrected chi connectivity index (χ1v) is 7.48. The standard InChI is InChI=1S/C14H16F3N3OS/c1-21-8-6-12-19-13(22-20-12)18-11-4-2-3-10(9-11)5-7-14(15,16)17/h2-4,9H,5-8H2,1H3,(H,18,19,20). The molecule has 2 rings (SSSR count). The number of halogens is 3. The van der Waals surface area contributed by atoms with Gasteiger partial charge in [-0.1, -0.05) is 12.1 Å². The molecule has 8 heteroatoms. The van der Waals surface area contributed by atoms with Crippen LogP contribution in [0.4, 0.5) is 24.0 Å². The lowest BCUT2D eigenvalue weighted by atomic mass is 10.1. The zero-order valence-corrected chi connectivity index (χ0v) is 12.8. The molecule has 0 atom stereocenters.